The molecule has 0 saturated carbocycles. The summed E-state index contributed by atoms with van der Waals surface area (Å²) in [5.41, 5.74) is 2.92. The summed E-state index contributed by atoms with van der Waals surface area (Å²) in [4.78, 5) is 0. The molecule has 4 aromatic rings. The third-order valence-electron chi connectivity index (χ3n) is 4.24. The Hall–Kier alpha value is -0.660. The number of hydrogen-bond acceptors (Lipinski definition) is 0. The van der Waals surface area contributed by atoms with E-state index >= 15 is 0 Å². The van der Waals surface area contributed by atoms with Crippen molar-refractivity contribution in [1.29, 1.82) is 0 Å². The minimum absolute atomic E-state index is 0.826. The van der Waals surface area contributed by atoms with Crippen LogP contribution in [0.1, 0.15) is 25.0 Å². The predicted molar refractivity (Wildman–Crippen MR) is 127 cm³/mol. The van der Waals surface area contributed by atoms with E-state index in [9.17, 15) is 0 Å². The second-order valence-electron chi connectivity index (χ2n) is 6.22. The molecule has 0 atom stereocenters. The average molecular weight is 507 g/mol. The van der Waals surface area contributed by atoms with Gasteiger partial charge in [-0.1, -0.05) is 44.6 Å². The first-order valence-electron chi connectivity index (χ1n) is 9.47. The molecule has 0 aromatic heterocycles. The fraction of sp³-hybridized carbons (Fsp3) is 0.250. The molecule has 0 bridgehead atoms. The SMILES string of the molecule is CCc1cc2c(CC)cccc2[cH-]1.C[Si]C.[Cl][Zr+2][Cl].c1ccc2[cH-]ccc2c1. The molecule has 28 heavy (non-hydrogen) atoms. The first-order valence-corrected chi connectivity index (χ1v) is 17.8. The monoisotopic (exact) mass is 504 g/mol. The molecule has 0 nitrogen and oxygen atoms in total. The van der Waals surface area contributed by atoms with Gasteiger partial charge in [0.1, 0.15) is 0 Å². The molecule has 4 rings (SSSR count). The molecule has 0 heterocycles. The molecule has 0 aliphatic heterocycles. The van der Waals surface area contributed by atoms with E-state index in [1.165, 1.54) is 32.7 Å². The fourth-order valence-electron chi connectivity index (χ4n) is 2.94. The Morgan fingerprint density at radius 1 is 0.893 bits per heavy atom. The fourth-order valence-corrected chi connectivity index (χ4v) is 2.94. The van der Waals surface area contributed by atoms with E-state index < -0.39 is 20.8 Å². The number of halogens is 2. The van der Waals surface area contributed by atoms with Crippen LogP contribution in [0.5, 0.6) is 0 Å². The Morgan fingerprint density at radius 2 is 1.54 bits per heavy atom. The second-order valence-corrected chi connectivity index (χ2v) is 10.9. The van der Waals surface area contributed by atoms with E-state index in [1.807, 2.05) is 0 Å². The van der Waals surface area contributed by atoms with Crippen molar-refractivity contribution >= 4 is 48.1 Å². The Morgan fingerprint density at radius 3 is 2.14 bits per heavy atom. The van der Waals surface area contributed by atoms with E-state index in [4.69, 9.17) is 17.0 Å². The van der Waals surface area contributed by atoms with Crippen LogP contribution in [0.3, 0.4) is 0 Å². The van der Waals surface area contributed by atoms with Crippen LogP contribution in [0.4, 0.5) is 0 Å². The summed E-state index contributed by atoms with van der Waals surface area (Å²) >= 11 is -0.826. The van der Waals surface area contributed by atoms with E-state index in [1.54, 1.807) is 0 Å². The molecule has 0 aliphatic rings. The molecular formula is C24H28Cl2SiZr. The van der Waals surface area contributed by atoms with Gasteiger partial charge in [-0.3, -0.25) is 0 Å². The number of aryl methyl sites for hydroxylation is 2. The molecule has 4 heteroatoms. The van der Waals surface area contributed by atoms with Gasteiger partial charge in [-0.05, 0) is 12.8 Å². The maximum absolute atomic E-state index is 4.93. The van der Waals surface area contributed by atoms with E-state index in [2.05, 4.69) is 99.7 Å². The Balaban J connectivity index is 0.000000227. The summed E-state index contributed by atoms with van der Waals surface area (Å²) in [6.45, 7) is 8.73. The molecular weight excluding hydrogens is 478 g/mol. The topological polar surface area (TPSA) is 0 Å². The van der Waals surface area contributed by atoms with Crippen LogP contribution in [-0.2, 0) is 33.7 Å². The Bertz CT molecular complexity index is 879. The standard InChI is InChI=1S/C13H15.C9H7.C2H6Si.2ClH.Zr/c1-3-10-8-12-7-5-6-11(4-2)13(12)9-10;1-2-5-9-7-3-6-8(9)4-1;1-3-2;;;/h5-9H,3-4H2,1-2H3;1-7H;1-2H3;2*1H;/q2*-1;;;;+4/p-2. The first-order chi connectivity index (χ1) is 13.6. The first kappa shape index (κ1) is 25.4. The largest absolute Gasteiger partial charge is 0.168 e. The van der Waals surface area contributed by atoms with Gasteiger partial charge in [0.05, 0.1) is 0 Å². The van der Waals surface area contributed by atoms with Gasteiger partial charge in [0.15, 0.2) is 0 Å². The molecule has 0 fully saturated rings. The van der Waals surface area contributed by atoms with Gasteiger partial charge in [-0.25, -0.2) is 0 Å². The third-order valence-corrected chi connectivity index (χ3v) is 4.24. The molecule has 0 amide bonds. The Labute approximate surface area is 191 Å². The zero-order chi connectivity index (χ0) is 20.8. The van der Waals surface area contributed by atoms with Crippen LogP contribution < -0.4 is 0 Å². The van der Waals surface area contributed by atoms with Crippen LogP contribution >= 0.6 is 17.0 Å². The number of hydrogen-bond donors (Lipinski definition) is 0. The van der Waals surface area contributed by atoms with E-state index in [0.29, 0.717) is 0 Å². The normalized spacial score (nSPS) is 9.36. The molecule has 0 unspecified atom stereocenters. The average Bonchev–Trinajstić information content (AvgIpc) is 3.36. The number of benzene rings is 2. The summed E-state index contributed by atoms with van der Waals surface area (Å²) in [6, 6.07) is 25.9. The molecule has 0 aliphatic carbocycles. The van der Waals surface area contributed by atoms with Gasteiger partial charge in [0.25, 0.3) is 0 Å². The van der Waals surface area contributed by atoms with E-state index in [-0.39, 0.29) is 0 Å². The number of rotatable bonds is 2. The maximum Gasteiger partial charge on any atom is -0.0809 e. The van der Waals surface area contributed by atoms with Gasteiger partial charge in [-0.15, -0.1) is 64.2 Å². The summed E-state index contributed by atoms with van der Waals surface area (Å²) in [7, 11) is 11.0. The zero-order valence-electron chi connectivity index (χ0n) is 17.1. The summed E-state index contributed by atoms with van der Waals surface area (Å²) < 4.78 is 0. The van der Waals surface area contributed by atoms with Crippen molar-refractivity contribution in [3.05, 3.63) is 83.9 Å². The van der Waals surface area contributed by atoms with Gasteiger partial charge in [0, 0.05) is 9.52 Å². The Kier molecular flexibility index (Phi) is 13.8. The van der Waals surface area contributed by atoms with Crippen LogP contribution in [0.2, 0.25) is 13.1 Å². The molecule has 0 spiro atoms. The second kappa shape index (κ2) is 15.2. The van der Waals surface area contributed by atoms with Gasteiger partial charge in [0.2, 0.25) is 0 Å². The molecule has 0 N–H and O–H groups in total. The minimum atomic E-state index is -0.826. The minimum Gasteiger partial charge on any atom is -0.168 e. The summed E-state index contributed by atoms with van der Waals surface area (Å²) in [6.07, 6.45) is 2.27. The van der Waals surface area contributed by atoms with Gasteiger partial charge in [-0.2, -0.15) is 23.6 Å². The van der Waals surface area contributed by atoms with Crippen molar-refractivity contribution in [2.24, 2.45) is 0 Å². The zero-order valence-corrected chi connectivity index (χ0v) is 22.1. The third kappa shape index (κ3) is 8.37. The smallest absolute Gasteiger partial charge is 0.0809 e. The molecule has 0 saturated heterocycles. The van der Waals surface area contributed by atoms with Gasteiger partial charge >= 0.3 is 37.9 Å². The van der Waals surface area contributed by atoms with Crippen molar-refractivity contribution in [1.82, 2.24) is 0 Å². The van der Waals surface area contributed by atoms with Crippen molar-refractivity contribution in [2.45, 2.75) is 39.8 Å². The summed E-state index contributed by atoms with van der Waals surface area (Å²) in [5, 5.41) is 5.51. The summed E-state index contributed by atoms with van der Waals surface area (Å²) in [5.74, 6) is 0. The van der Waals surface area contributed by atoms with Crippen LogP contribution in [0, 0.1) is 0 Å². The van der Waals surface area contributed by atoms with Crippen molar-refractivity contribution in [2.75, 3.05) is 0 Å². The van der Waals surface area contributed by atoms with E-state index in [0.717, 1.165) is 22.4 Å². The molecule has 2 radical (unpaired) electrons. The predicted octanol–water partition coefficient (Wildman–Crippen LogP) is 8.41. The maximum atomic E-state index is 4.93. The quantitative estimate of drug-likeness (QED) is 0.189. The number of fused-ring (bicyclic) bond motifs is 2. The van der Waals surface area contributed by atoms with Crippen LogP contribution in [-0.4, -0.2) is 9.52 Å². The van der Waals surface area contributed by atoms with Crippen LogP contribution in [0.25, 0.3) is 21.5 Å². The van der Waals surface area contributed by atoms with Crippen molar-refractivity contribution in [3.63, 3.8) is 0 Å². The van der Waals surface area contributed by atoms with Gasteiger partial charge < -0.3 is 0 Å². The molecule has 4 aromatic carbocycles. The van der Waals surface area contributed by atoms with Crippen LogP contribution in [0.15, 0.2) is 72.8 Å². The molecule has 146 valence electrons. The van der Waals surface area contributed by atoms with Crippen molar-refractivity contribution in [3.8, 4) is 0 Å². The van der Waals surface area contributed by atoms with Crippen molar-refractivity contribution < 1.29 is 20.8 Å².